The molecule has 2 nitrogen and oxygen atoms in total. The van der Waals surface area contributed by atoms with E-state index in [1.54, 1.807) is 0 Å². The molecule has 0 spiro atoms. The second-order valence-electron chi connectivity index (χ2n) is 5.44. The molecule has 0 fully saturated rings. The molecule has 1 rings (SSSR count). The highest BCUT2D eigenvalue weighted by molar-refractivity contribution is 5.95. The molecule has 0 radical (unpaired) electrons. The normalized spacial score (nSPS) is 10.7. The number of unbranched alkanes of at least 4 members (excludes halogenated alkanes) is 8. The molecule has 1 aromatic rings. The molecule has 0 aliphatic carbocycles. The summed E-state index contributed by atoms with van der Waals surface area (Å²) in [6, 6.07) is 9.58. The summed E-state index contributed by atoms with van der Waals surface area (Å²) < 4.78 is 0. The zero-order valence-corrected chi connectivity index (χ0v) is 12.5. The Kier molecular flexibility index (Phi) is 9.85. The van der Waals surface area contributed by atoms with Gasteiger partial charge in [-0.15, -0.1) is 0 Å². The zero-order chi connectivity index (χ0) is 14.5. The maximum atomic E-state index is 11.9. The lowest BCUT2D eigenvalue weighted by molar-refractivity contribution is 0.0979. The predicted molar refractivity (Wildman–Crippen MR) is 84.0 cm³/mol. The minimum Gasteiger partial charge on any atom is -0.396 e. The van der Waals surface area contributed by atoms with E-state index in [-0.39, 0.29) is 5.78 Å². The summed E-state index contributed by atoms with van der Waals surface area (Å²) in [4.78, 5) is 11.9. The second kappa shape index (κ2) is 11.7. The molecule has 0 heterocycles. The van der Waals surface area contributed by atoms with Crippen LogP contribution in [0.3, 0.4) is 0 Å². The van der Waals surface area contributed by atoms with Crippen molar-refractivity contribution >= 4 is 5.78 Å². The minimum atomic E-state index is 0.273. The van der Waals surface area contributed by atoms with E-state index in [1.807, 2.05) is 30.3 Å². The number of hydrogen-bond donors (Lipinski definition) is 1. The van der Waals surface area contributed by atoms with E-state index in [0.29, 0.717) is 13.0 Å². The second-order valence-corrected chi connectivity index (χ2v) is 5.44. The van der Waals surface area contributed by atoms with Gasteiger partial charge in [0.2, 0.25) is 0 Å². The van der Waals surface area contributed by atoms with Crippen LogP contribution in [-0.4, -0.2) is 17.5 Å². The summed E-state index contributed by atoms with van der Waals surface area (Å²) in [5.74, 6) is 0.273. The van der Waals surface area contributed by atoms with E-state index < -0.39 is 0 Å². The molecular weight excluding hydrogens is 248 g/mol. The zero-order valence-electron chi connectivity index (χ0n) is 12.5. The van der Waals surface area contributed by atoms with Gasteiger partial charge >= 0.3 is 0 Å². The number of rotatable bonds is 12. The first-order valence-corrected chi connectivity index (χ1v) is 8.03. The highest BCUT2D eigenvalue weighted by Crippen LogP contribution is 2.12. The molecule has 1 aromatic carbocycles. The smallest absolute Gasteiger partial charge is 0.162 e. The van der Waals surface area contributed by atoms with Crippen LogP contribution >= 0.6 is 0 Å². The van der Waals surface area contributed by atoms with Gasteiger partial charge in [-0.05, 0) is 12.8 Å². The Morgan fingerprint density at radius 3 is 1.80 bits per heavy atom. The average molecular weight is 276 g/mol. The van der Waals surface area contributed by atoms with Crippen molar-refractivity contribution < 1.29 is 9.90 Å². The molecular formula is C18H28O2. The molecule has 112 valence electrons. The Morgan fingerprint density at radius 2 is 1.25 bits per heavy atom. The number of Topliss-reactive ketones (excluding diaryl/α,β-unsaturated/α-hetero) is 1. The van der Waals surface area contributed by atoms with Crippen LogP contribution in [0.25, 0.3) is 0 Å². The van der Waals surface area contributed by atoms with Gasteiger partial charge in [-0.25, -0.2) is 0 Å². The first kappa shape index (κ1) is 16.9. The third-order valence-electron chi connectivity index (χ3n) is 3.66. The summed E-state index contributed by atoms with van der Waals surface area (Å²) in [5, 5.41) is 8.67. The monoisotopic (exact) mass is 276 g/mol. The van der Waals surface area contributed by atoms with Gasteiger partial charge in [-0.1, -0.05) is 75.3 Å². The van der Waals surface area contributed by atoms with E-state index in [4.69, 9.17) is 5.11 Å². The third-order valence-corrected chi connectivity index (χ3v) is 3.66. The Bertz CT molecular complexity index is 346. The third kappa shape index (κ3) is 8.11. The van der Waals surface area contributed by atoms with Crippen molar-refractivity contribution in [2.24, 2.45) is 0 Å². The Labute approximate surface area is 123 Å². The van der Waals surface area contributed by atoms with Crippen molar-refractivity contribution in [3.63, 3.8) is 0 Å². The SMILES string of the molecule is O=C(CCCCCCCCCCCO)c1ccccc1. The maximum Gasteiger partial charge on any atom is 0.162 e. The van der Waals surface area contributed by atoms with Gasteiger partial charge in [0.1, 0.15) is 0 Å². The summed E-state index contributed by atoms with van der Waals surface area (Å²) in [6.45, 7) is 0.329. The number of benzene rings is 1. The van der Waals surface area contributed by atoms with Gasteiger partial charge in [0, 0.05) is 18.6 Å². The van der Waals surface area contributed by atoms with Gasteiger partial charge in [-0.2, -0.15) is 0 Å². The van der Waals surface area contributed by atoms with E-state index in [0.717, 1.165) is 31.2 Å². The van der Waals surface area contributed by atoms with E-state index >= 15 is 0 Å². The number of ketones is 1. The number of aliphatic hydroxyl groups is 1. The predicted octanol–water partition coefficient (Wildman–Crippen LogP) is 4.76. The van der Waals surface area contributed by atoms with Crippen LogP contribution in [0.15, 0.2) is 30.3 Å². The fraction of sp³-hybridized carbons (Fsp3) is 0.611. The fourth-order valence-electron chi connectivity index (χ4n) is 2.40. The highest BCUT2D eigenvalue weighted by atomic mass is 16.2. The number of aliphatic hydroxyl groups excluding tert-OH is 1. The molecule has 0 atom stereocenters. The van der Waals surface area contributed by atoms with Gasteiger partial charge in [0.05, 0.1) is 0 Å². The van der Waals surface area contributed by atoms with Crippen molar-refractivity contribution in [2.75, 3.05) is 6.61 Å². The summed E-state index contributed by atoms with van der Waals surface area (Å²) in [7, 11) is 0. The molecule has 20 heavy (non-hydrogen) atoms. The molecule has 1 N–H and O–H groups in total. The molecule has 0 aromatic heterocycles. The van der Waals surface area contributed by atoms with E-state index in [1.165, 1.54) is 32.1 Å². The minimum absolute atomic E-state index is 0.273. The molecule has 2 heteroatoms. The van der Waals surface area contributed by atoms with Crippen molar-refractivity contribution in [1.29, 1.82) is 0 Å². The van der Waals surface area contributed by atoms with Crippen LogP contribution in [0.5, 0.6) is 0 Å². The summed E-state index contributed by atoms with van der Waals surface area (Å²) in [5.41, 5.74) is 0.844. The van der Waals surface area contributed by atoms with Gasteiger partial charge in [-0.3, -0.25) is 4.79 Å². The van der Waals surface area contributed by atoms with Crippen molar-refractivity contribution in [2.45, 2.75) is 64.2 Å². The van der Waals surface area contributed by atoms with Crippen LogP contribution < -0.4 is 0 Å². The van der Waals surface area contributed by atoms with Crippen molar-refractivity contribution in [3.8, 4) is 0 Å². The Balaban J connectivity index is 1.91. The molecule has 0 amide bonds. The number of carbonyl (C=O) groups excluding carboxylic acids is 1. The molecule has 0 unspecified atom stereocenters. The number of carbonyl (C=O) groups is 1. The largest absolute Gasteiger partial charge is 0.396 e. The molecule has 0 saturated carbocycles. The van der Waals surface area contributed by atoms with Crippen molar-refractivity contribution in [1.82, 2.24) is 0 Å². The Hall–Kier alpha value is -1.15. The van der Waals surface area contributed by atoms with Gasteiger partial charge in [0.15, 0.2) is 5.78 Å². The lowest BCUT2D eigenvalue weighted by Gasteiger charge is -2.02. The standard InChI is InChI=1S/C18H28O2/c19-16-12-7-5-3-1-2-4-6-11-15-18(20)17-13-9-8-10-14-17/h8-10,13-14,19H,1-7,11-12,15-16H2. The fourth-order valence-corrected chi connectivity index (χ4v) is 2.40. The highest BCUT2D eigenvalue weighted by Gasteiger charge is 2.03. The van der Waals surface area contributed by atoms with Crippen LogP contribution in [0.2, 0.25) is 0 Å². The Morgan fingerprint density at radius 1 is 0.750 bits per heavy atom. The van der Waals surface area contributed by atoms with Crippen LogP contribution in [0, 0.1) is 0 Å². The van der Waals surface area contributed by atoms with Gasteiger partial charge in [0.25, 0.3) is 0 Å². The first-order chi connectivity index (χ1) is 9.84. The molecule has 0 aliphatic rings. The average Bonchev–Trinajstić information content (AvgIpc) is 2.50. The first-order valence-electron chi connectivity index (χ1n) is 8.03. The number of hydrogen-bond acceptors (Lipinski definition) is 2. The maximum absolute atomic E-state index is 11.9. The lowest BCUT2D eigenvalue weighted by atomic mass is 10.0. The quantitative estimate of drug-likeness (QED) is 0.441. The van der Waals surface area contributed by atoms with E-state index in [9.17, 15) is 4.79 Å². The summed E-state index contributed by atoms with van der Waals surface area (Å²) in [6.07, 6.45) is 11.3. The molecule has 0 aliphatic heterocycles. The molecule has 0 bridgehead atoms. The topological polar surface area (TPSA) is 37.3 Å². The van der Waals surface area contributed by atoms with E-state index in [2.05, 4.69) is 0 Å². The lowest BCUT2D eigenvalue weighted by Crippen LogP contribution is -1.98. The summed E-state index contributed by atoms with van der Waals surface area (Å²) >= 11 is 0. The van der Waals surface area contributed by atoms with Gasteiger partial charge < -0.3 is 5.11 Å². The van der Waals surface area contributed by atoms with Crippen LogP contribution in [0.4, 0.5) is 0 Å². The van der Waals surface area contributed by atoms with Crippen molar-refractivity contribution in [3.05, 3.63) is 35.9 Å². The van der Waals surface area contributed by atoms with Crippen LogP contribution in [-0.2, 0) is 0 Å². The molecule has 0 saturated heterocycles. The van der Waals surface area contributed by atoms with Crippen LogP contribution in [0.1, 0.15) is 74.6 Å².